The van der Waals surface area contributed by atoms with Crippen LogP contribution in [0.25, 0.3) is 0 Å². The number of ether oxygens (including phenoxy) is 1. The zero-order valence-corrected chi connectivity index (χ0v) is 9.16. The minimum atomic E-state index is -0.582. The highest BCUT2D eigenvalue weighted by molar-refractivity contribution is 5.99. The molecule has 82 valence electrons. The number of hydrogen-bond acceptors (Lipinski definition) is 2. The number of carbonyl (C=O) groups is 1. The topological polar surface area (TPSA) is 26.3 Å². The van der Waals surface area contributed by atoms with Crippen LogP contribution < -0.4 is 0 Å². The zero-order valence-electron chi connectivity index (χ0n) is 9.16. The Bertz CT molecular complexity index is 347. The summed E-state index contributed by atoms with van der Waals surface area (Å²) in [6.07, 6.45) is -0.582. The normalized spacial score (nSPS) is 12.9. The molecule has 0 bridgehead atoms. The summed E-state index contributed by atoms with van der Waals surface area (Å²) in [7, 11) is 1.46. The molecule has 0 saturated carbocycles. The number of ketones is 1. The Labute approximate surface area is 89.1 Å². The van der Waals surface area contributed by atoms with E-state index in [-0.39, 0.29) is 17.3 Å². The maximum atomic E-state index is 13.3. The van der Waals surface area contributed by atoms with Crippen LogP contribution in [0.15, 0.2) is 24.3 Å². The quantitative estimate of drug-likeness (QED) is 0.714. The van der Waals surface area contributed by atoms with Crippen molar-refractivity contribution in [3.8, 4) is 0 Å². The summed E-state index contributed by atoms with van der Waals surface area (Å²) in [5.74, 6) is -0.766. The molecule has 0 amide bonds. The Kier molecular flexibility index (Phi) is 3.97. The molecular weight excluding hydrogens is 195 g/mol. The van der Waals surface area contributed by atoms with Crippen molar-refractivity contribution in [1.82, 2.24) is 0 Å². The van der Waals surface area contributed by atoms with Gasteiger partial charge in [0.1, 0.15) is 11.9 Å². The first kappa shape index (κ1) is 11.9. The number of Topliss-reactive ketones (excluding diaryl/α,β-unsaturated/α-hetero) is 1. The average molecular weight is 210 g/mol. The second kappa shape index (κ2) is 5.03. The number of methoxy groups -OCH3 is 1. The number of hydrogen-bond donors (Lipinski definition) is 0. The molecule has 1 unspecified atom stereocenters. The molecule has 0 aliphatic heterocycles. The molecule has 1 aromatic carbocycles. The van der Waals surface area contributed by atoms with Crippen LogP contribution in [0.1, 0.15) is 24.2 Å². The van der Waals surface area contributed by atoms with E-state index in [4.69, 9.17) is 4.74 Å². The van der Waals surface area contributed by atoms with Gasteiger partial charge in [0.25, 0.3) is 0 Å². The first-order chi connectivity index (χ1) is 7.07. The fourth-order valence-electron chi connectivity index (χ4n) is 1.50. The van der Waals surface area contributed by atoms with Gasteiger partial charge in [-0.05, 0) is 18.1 Å². The lowest BCUT2D eigenvalue weighted by molar-refractivity contribution is 0.0455. The van der Waals surface area contributed by atoms with E-state index in [9.17, 15) is 9.18 Å². The monoisotopic (exact) mass is 210 g/mol. The van der Waals surface area contributed by atoms with Gasteiger partial charge in [-0.15, -0.1) is 0 Å². The Balaban J connectivity index is 2.98. The maximum Gasteiger partial charge on any atom is 0.194 e. The lowest BCUT2D eigenvalue weighted by Gasteiger charge is -2.17. The first-order valence-corrected chi connectivity index (χ1v) is 4.89. The van der Waals surface area contributed by atoms with E-state index in [1.54, 1.807) is 12.1 Å². The van der Waals surface area contributed by atoms with Crippen molar-refractivity contribution in [3.63, 3.8) is 0 Å². The summed E-state index contributed by atoms with van der Waals surface area (Å²) in [6, 6.07) is 5.96. The SMILES string of the molecule is COC(C(=O)c1ccccc1F)C(C)C. The fourth-order valence-corrected chi connectivity index (χ4v) is 1.50. The van der Waals surface area contributed by atoms with Gasteiger partial charge in [0.05, 0.1) is 5.56 Å². The highest BCUT2D eigenvalue weighted by atomic mass is 19.1. The molecule has 0 aliphatic rings. The predicted molar refractivity (Wildman–Crippen MR) is 56.4 cm³/mol. The molecule has 0 fully saturated rings. The van der Waals surface area contributed by atoms with Crippen LogP contribution in [-0.2, 0) is 4.74 Å². The van der Waals surface area contributed by atoms with Crippen molar-refractivity contribution in [2.24, 2.45) is 5.92 Å². The van der Waals surface area contributed by atoms with Crippen LogP contribution in [0, 0.1) is 11.7 Å². The van der Waals surface area contributed by atoms with Crippen LogP contribution in [0.5, 0.6) is 0 Å². The molecule has 1 rings (SSSR count). The van der Waals surface area contributed by atoms with Crippen LogP contribution in [0.2, 0.25) is 0 Å². The summed E-state index contributed by atoms with van der Waals surface area (Å²) < 4.78 is 18.4. The Morgan fingerprint density at radius 3 is 2.40 bits per heavy atom. The second-order valence-electron chi connectivity index (χ2n) is 3.74. The summed E-state index contributed by atoms with van der Waals surface area (Å²) in [5, 5.41) is 0. The molecule has 0 aromatic heterocycles. The average Bonchev–Trinajstić information content (AvgIpc) is 2.18. The lowest BCUT2D eigenvalue weighted by atomic mass is 9.97. The highest BCUT2D eigenvalue weighted by Crippen LogP contribution is 2.15. The molecule has 0 saturated heterocycles. The van der Waals surface area contributed by atoms with Gasteiger partial charge in [-0.25, -0.2) is 4.39 Å². The maximum absolute atomic E-state index is 13.3. The van der Waals surface area contributed by atoms with Gasteiger partial charge >= 0.3 is 0 Å². The second-order valence-corrected chi connectivity index (χ2v) is 3.74. The van der Waals surface area contributed by atoms with Crippen molar-refractivity contribution in [3.05, 3.63) is 35.6 Å². The number of carbonyl (C=O) groups excluding carboxylic acids is 1. The molecule has 15 heavy (non-hydrogen) atoms. The van der Waals surface area contributed by atoms with Crippen molar-refractivity contribution in [1.29, 1.82) is 0 Å². The van der Waals surface area contributed by atoms with Crippen molar-refractivity contribution in [2.45, 2.75) is 20.0 Å². The molecule has 2 nitrogen and oxygen atoms in total. The molecule has 0 aliphatic carbocycles. The standard InChI is InChI=1S/C12H15FO2/c1-8(2)12(15-3)11(14)9-6-4-5-7-10(9)13/h4-8,12H,1-3H3. The van der Waals surface area contributed by atoms with Crippen LogP contribution in [-0.4, -0.2) is 19.0 Å². The molecule has 1 atom stereocenters. The predicted octanol–water partition coefficient (Wildman–Crippen LogP) is 2.68. The third-order valence-corrected chi connectivity index (χ3v) is 2.26. The van der Waals surface area contributed by atoms with Gasteiger partial charge in [0.15, 0.2) is 5.78 Å². The van der Waals surface area contributed by atoms with E-state index in [0.717, 1.165) is 0 Å². The van der Waals surface area contributed by atoms with E-state index in [1.165, 1.54) is 19.2 Å². The summed E-state index contributed by atoms with van der Waals surface area (Å²) in [6.45, 7) is 3.74. The fraction of sp³-hybridized carbons (Fsp3) is 0.417. The van der Waals surface area contributed by atoms with Gasteiger partial charge in [0, 0.05) is 7.11 Å². The summed E-state index contributed by atoms with van der Waals surface area (Å²) >= 11 is 0. The van der Waals surface area contributed by atoms with Crippen molar-refractivity contribution < 1.29 is 13.9 Å². The lowest BCUT2D eigenvalue weighted by Crippen LogP contribution is -2.29. The summed E-state index contributed by atoms with van der Waals surface area (Å²) in [4.78, 5) is 11.9. The van der Waals surface area contributed by atoms with E-state index in [0.29, 0.717) is 0 Å². The Morgan fingerprint density at radius 1 is 1.33 bits per heavy atom. The van der Waals surface area contributed by atoms with E-state index in [1.807, 2.05) is 13.8 Å². The molecule has 3 heteroatoms. The molecular formula is C12H15FO2. The first-order valence-electron chi connectivity index (χ1n) is 4.89. The third kappa shape index (κ3) is 2.63. The molecule has 0 spiro atoms. The Hall–Kier alpha value is -1.22. The highest BCUT2D eigenvalue weighted by Gasteiger charge is 2.24. The molecule has 0 radical (unpaired) electrons. The van der Waals surface area contributed by atoms with E-state index in [2.05, 4.69) is 0 Å². The minimum absolute atomic E-state index is 0.0297. The van der Waals surface area contributed by atoms with E-state index < -0.39 is 11.9 Å². The molecule has 0 heterocycles. The summed E-state index contributed by atoms with van der Waals surface area (Å²) in [5.41, 5.74) is 0.0954. The minimum Gasteiger partial charge on any atom is -0.373 e. The van der Waals surface area contributed by atoms with Gasteiger partial charge in [-0.3, -0.25) is 4.79 Å². The van der Waals surface area contributed by atoms with Gasteiger partial charge in [-0.2, -0.15) is 0 Å². The Morgan fingerprint density at radius 2 is 1.93 bits per heavy atom. The van der Waals surface area contributed by atoms with Crippen LogP contribution in [0.4, 0.5) is 4.39 Å². The van der Waals surface area contributed by atoms with Crippen molar-refractivity contribution in [2.75, 3.05) is 7.11 Å². The molecule has 0 N–H and O–H groups in total. The van der Waals surface area contributed by atoms with E-state index >= 15 is 0 Å². The third-order valence-electron chi connectivity index (χ3n) is 2.26. The van der Waals surface area contributed by atoms with Crippen LogP contribution >= 0.6 is 0 Å². The number of halogens is 1. The largest absolute Gasteiger partial charge is 0.373 e. The van der Waals surface area contributed by atoms with Crippen LogP contribution in [0.3, 0.4) is 0 Å². The van der Waals surface area contributed by atoms with Crippen molar-refractivity contribution >= 4 is 5.78 Å². The van der Waals surface area contributed by atoms with Gasteiger partial charge in [-0.1, -0.05) is 26.0 Å². The number of benzene rings is 1. The smallest absolute Gasteiger partial charge is 0.194 e. The molecule has 1 aromatic rings. The van der Waals surface area contributed by atoms with Gasteiger partial charge in [0.2, 0.25) is 0 Å². The number of rotatable bonds is 4. The zero-order chi connectivity index (χ0) is 11.4. The van der Waals surface area contributed by atoms with Gasteiger partial charge < -0.3 is 4.74 Å².